The molecular formula is C9H8O4. The molecule has 4 nitrogen and oxygen atoms in total. The first-order valence-electron chi connectivity index (χ1n) is 3.81. The third-order valence-electron chi connectivity index (χ3n) is 2.02. The zero-order valence-electron chi connectivity index (χ0n) is 7.03. The van der Waals surface area contributed by atoms with Crippen LogP contribution in [0.3, 0.4) is 0 Å². The highest BCUT2D eigenvalue weighted by Gasteiger charge is 2.20. The van der Waals surface area contributed by atoms with Crippen LogP contribution in [0.1, 0.15) is 15.9 Å². The summed E-state index contributed by atoms with van der Waals surface area (Å²) in [5.41, 5.74) is 0.763. The quantitative estimate of drug-likeness (QED) is 0.660. The number of benzene rings is 1. The lowest BCUT2D eigenvalue weighted by Crippen LogP contribution is -1.93. The van der Waals surface area contributed by atoms with Crippen LogP contribution in [-0.4, -0.2) is 18.2 Å². The molecule has 0 unspecified atom stereocenters. The van der Waals surface area contributed by atoms with Gasteiger partial charge in [-0.05, 0) is 13.0 Å². The van der Waals surface area contributed by atoms with Crippen LogP contribution in [0.15, 0.2) is 6.07 Å². The third kappa shape index (κ3) is 1.02. The molecular weight excluding hydrogens is 172 g/mol. The predicted molar refractivity (Wildman–Crippen MR) is 44.4 cm³/mol. The Kier molecular flexibility index (Phi) is 1.62. The Labute approximate surface area is 74.7 Å². The van der Waals surface area contributed by atoms with Crippen molar-refractivity contribution in [3.05, 3.63) is 17.2 Å². The molecule has 1 heterocycles. The van der Waals surface area contributed by atoms with E-state index in [-0.39, 0.29) is 18.1 Å². The highest BCUT2D eigenvalue weighted by atomic mass is 16.7. The largest absolute Gasteiger partial charge is 0.507 e. The van der Waals surface area contributed by atoms with Gasteiger partial charge in [-0.2, -0.15) is 0 Å². The summed E-state index contributed by atoms with van der Waals surface area (Å²) in [6.45, 7) is 1.81. The summed E-state index contributed by atoms with van der Waals surface area (Å²) in [6.07, 6.45) is 0.588. The highest BCUT2D eigenvalue weighted by molar-refractivity contribution is 5.82. The second kappa shape index (κ2) is 2.65. The Balaban J connectivity index is 2.68. The van der Waals surface area contributed by atoms with E-state index in [1.54, 1.807) is 6.92 Å². The van der Waals surface area contributed by atoms with Crippen molar-refractivity contribution in [3.8, 4) is 17.2 Å². The molecule has 0 saturated heterocycles. The summed E-state index contributed by atoms with van der Waals surface area (Å²) in [5.74, 6) is 0.986. The Morgan fingerprint density at radius 2 is 2.31 bits per heavy atom. The number of ether oxygens (including phenoxy) is 2. The first kappa shape index (κ1) is 7.91. The maximum Gasteiger partial charge on any atom is 0.231 e. The monoisotopic (exact) mass is 180 g/mol. The fraction of sp³-hybridized carbons (Fsp3) is 0.222. The number of carbonyl (C=O) groups is 1. The molecule has 0 radical (unpaired) electrons. The minimum atomic E-state index is -0.0424. The predicted octanol–water partition coefficient (Wildman–Crippen LogP) is 1.24. The lowest BCUT2D eigenvalue weighted by Gasteiger charge is -2.04. The number of aromatic hydroxyl groups is 1. The molecule has 68 valence electrons. The Morgan fingerprint density at radius 1 is 1.54 bits per heavy atom. The molecule has 1 aliphatic heterocycles. The number of rotatable bonds is 1. The normalized spacial score (nSPS) is 13.0. The average molecular weight is 180 g/mol. The van der Waals surface area contributed by atoms with E-state index in [2.05, 4.69) is 0 Å². The van der Waals surface area contributed by atoms with Gasteiger partial charge in [-0.25, -0.2) is 0 Å². The smallest absolute Gasteiger partial charge is 0.231 e. The van der Waals surface area contributed by atoms with Crippen LogP contribution in [0.5, 0.6) is 17.2 Å². The molecule has 1 N–H and O–H groups in total. The van der Waals surface area contributed by atoms with Gasteiger partial charge in [0.1, 0.15) is 5.75 Å². The van der Waals surface area contributed by atoms with Gasteiger partial charge in [-0.1, -0.05) is 0 Å². The summed E-state index contributed by atoms with van der Waals surface area (Å²) in [7, 11) is 0. The van der Waals surface area contributed by atoms with E-state index in [1.165, 1.54) is 6.07 Å². The maximum absolute atomic E-state index is 10.5. The molecule has 0 aliphatic carbocycles. The summed E-state index contributed by atoms with van der Waals surface area (Å²) < 4.78 is 10.2. The van der Waals surface area contributed by atoms with E-state index in [0.717, 1.165) is 0 Å². The number of hydrogen-bond acceptors (Lipinski definition) is 4. The lowest BCUT2D eigenvalue weighted by atomic mass is 10.1. The maximum atomic E-state index is 10.5. The Hall–Kier alpha value is -1.71. The number of fused-ring (bicyclic) bond motifs is 1. The zero-order valence-corrected chi connectivity index (χ0v) is 7.03. The van der Waals surface area contributed by atoms with E-state index >= 15 is 0 Å². The van der Waals surface area contributed by atoms with Crippen molar-refractivity contribution in [2.24, 2.45) is 0 Å². The van der Waals surface area contributed by atoms with E-state index in [4.69, 9.17) is 9.47 Å². The van der Waals surface area contributed by atoms with Gasteiger partial charge >= 0.3 is 0 Å². The number of phenols is 1. The minimum Gasteiger partial charge on any atom is -0.507 e. The molecule has 0 atom stereocenters. The fourth-order valence-corrected chi connectivity index (χ4v) is 1.31. The van der Waals surface area contributed by atoms with Gasteiger partial charge < -0.3 is 14.6 Å². The zero-order chi connectivity index (χ0) is 9.42. The van der Waals surface area contributed by atoms with Crippen LogP contribution in [0.4, 0.5) is 0 Å². The lowest BCUT2D eigenvalue weighted by molar-refractivity contribution is 0.112. The molecule has 13 heavy (non-hydrogen) atoms. The molecule has 0 aromatic heterocycles. The molecule has 1 aromatic carbocycles. The average Bonchev–Trinajstić information content (AvgIpc) is 2.59. The van der Waals surface area contributed by atoms with Crippen LogP contribution in [-0.2, 0) is 0 Å². The molecule has 0 fully saturated rings. The van der Waals surface area contributed by atoms with Crippen LogP contribution in [0.25, 0.3) is 0 Å². The summed E-state index contributed by atoms with van der Waals surface area (Å²) in [4.78, 5) is 10.5. The molecule has 0 bridgehead atoms. The van der Waals surface area contributed by atoms with Crippen LogP contribution < -0.4 is 9.47 Å². The van der Waals surface area contributed by atoms with Crippen molar-refractivity contribution in [2.45, 2.75) is 6.92 Å². The molecule has 1 aliphatic rings. The second-order valence-electron chi connectivity index (χ2n) is 2.79. The summed E-state index contributed by atoms with van der Waals surface area (Å²) in [5, 5.41) is 9.49. The minimum absolute atomic E-state index is 0.0424. The number of aldehydes is 1. The van der Waals surface area contributed by atoms with Gasteiger partial charge in [0.25, 0.3) is 0 Å². The van der Waals surface area contributed by atoms with Gasteiger partial charge in [-0.15, -0.1) is 0 Å². The second-order valence-corrected chi connectivity index (χ2v) is 2.79. The molecule has 4 heteroatoms. The van der Waals surface area contributed by atoms with Crippen molar-refractivity contribution in [1.29, 1.82) is 0 Å². The number of hydrogen-bond donors (Lipinski definition) is 1. The Morgan fingerprint density at radius 3 is 3.00 bits per heavy atom. The molecule has 0 saturated carbocycles. The van der Waals surface area contributed by atoms with Gasteiger partial charge in [0, 0.05) is 5.56 Å². The van der Waals surface area contributed by atoms with E-state index in [1.807, 2.05) is 0 Å². The standard InChI is InChI=1S/C9H8O4/c1-5-8(11)6(3-10)2-7-9(5)13-4-12-7/h2-3,11H,4H2,1H3. The van der Waals surface area contributed by atoms with Crippen molar-refractivity contribution in [2.75, 3.05) is 6.79 Å². The molecule has 0 amide bonds. The third-order valence-corrected chi connectivity index (χ3v) is 2.02. The van der Waals surface area contributed by atoms with Crippen LogP contribution in [0.2, 0.25) is 0 Å². The topological polar surface area (TPSA) is 55.8 Å². The fourth-order valence-electron chi connectivity index (χ4n) is 1.31. The van der Waals surface area contributed by atoms with Crippen LogP contribution in [0, 0.1) is 6.92 Å². The van der Waals surface area contributed by atoms with Crippen molar-refractivity contribution < 1.29 is 19.4 Å². The van der Waals surface area contributed by atoms with Gasteiger partial charge in [0.2, 0.25) is 6.79 Å². The van der Waals surface area contributed by atoms with Crippen molar-refractivity contribution in [1.82, 2.24) is 0 Å². The molecule has 0 spiro atoms. The van der Waals surface area contributed by atoms with Crippen LogP contribution >= 0.6 is 0 Å². The van der Waals surface area contributed by atoms with Crippen molar-refractivity contribution >= 4 is 6.29 Å². The SMILES string of the molecule is Cc1c(O)c(C=O)cc2c1OCO2. The van der Waals surface area contributed by atoms with E-state index in [0.29, 0.717) is 23.3 Å². The molecule has 1 aromatic rings. The van der Waals surface area contributed by atoms with Crippen molar-refractivity contribution in [3.63, 3.8) is 0 Å². The van der Waals surface area contributed by atoms with Gasteiger partial charge in [0.05, 0.1) is 5.56 Å². The van der Waals surface area contributed by atoms with Gasteiger partial charge in [-0.3, -0.25) is 4.79 Å². The summed E-state index contributed by atoms with van der Waals surface area (Å²) in [6, 6.07) is 1.47. The molecule has 2 rings (SSSR count). The number of phenolic OH excluding ortho intramolecular Hbond substituents is 1. The van der Waals surface area contributed by atoms with E-state index in [9.17, 15) is 9.90 Å². The first-order valence-corrected chi connectivity index (χ1v) is 3.81. The first-order chi connectivity index (χ1) is 6.24. The Bertz CT molecular complexity index is 370. The highest BCUT2D eigenvalue weighted by Crippen LogP contribution is 2.41. The summed E-state index contributed by atoms with van der Waals surface area (Å²) >= 11 is 0. The van der Waals surface area contributed by atoms with E-state index < -0.39 is 0 Å². The number of carbonyl (C=O) groups excluding carboxylic acids is 1. The van der Waals surface area contributed by atoms with Gasteiger partial charge in [0.15, 0.2) is 17.8 Å².